The molecule has 2 saturated heterocycles. The Morgan fingerprint density at radius 1 is 0.533 bits per heavy atom. The monoisotopic (exact) mass is 1500 g/mol. The minimum Gasteiger partial charge on any atom is -0.391 e. The Morgan fingerprint density at radius 2 is 1.00 bits per heavy atom. The summed E-state index contributed by atoms with van der Waals surface area (Å²) in [6.07, 6.45) is 7.35. The first-order valence-electron chi connectivity index (χ1n) is 38.7. The number of hydrogen-bond acceptors (Lipinski definition) is 16. The van der Waals surface area contributed by atoms with Gasteiger partial charge in [0.25, 0.3) is 0 Å². The lowest BCUT2D eigenvalue weighted by atomic mass is 9.84. The lowest BCUT2D eigenvalue weighted by Gasteiger charge is -2.39. The fraction of sp³-hybridized carbons (Fsp3) is 0.842. The van der Waals surface area contributed by atoms with Gasteiger partial charge in [0.05, 0.1) is 57.1 Å². The fourth-order valence-corrected chi connectivity index (χ4v) is 14.8. The van der Waals surface area contributed by atoms with Crippen molar-refractivity contribution in [2.75, 3.05) is 94.8 Å². The van der Waals surface area contributed by atoms with Gasteiger partial charge in [-0.3, -0.25) is 57.5 Å². The molecule has 12 amide bonds. The summed E-state index contributed by atoms with van der Waals surface area (Å²) < 4.78 is 12.1. The number of carbonyl (C=O) groups is 12. The van der Waals surface area contributed by atoms with Gasteiger partial charge in [0.15, 0.2) is 0 Å². The number of likely N-dealkylation sites (N-methyl/N-ethyl adjacent to an activating group) is 6. The second kappa shape index (κ2) is 43.7. The van der Waals surface area contributed by atoms with E-state index >= 15 is 43.2 Å². The third-order valence-corrected chi connectivity index (χ3v) is 21.2. The van der Waals surface area contributed by atoms with Crippen LogP contribution >= 0.6 is 11.6 Å². The van der Waals surface area contributed by atoms with Crippen molar-refractivity contribution in [3.63, 3.8) is 0 Å². The number of likely N-dealkylation sites (tertiary alicyclic amines) is 1. The van der Waals surface area contributed by atoms with Gasteiger partial charge in [-0.2, -0.15) is 0 Å². The molecule has 0 aromatic carbocycles. The first-order chi connectivity index (χ1) is 49.2. The van der Waals surface area contributed by atoms with Crippen molar-refractivity contribution in [2.24, 2.45) is 29.6 Å². The van der Waals surface area contributed by atoms with Crippen LogP contribution in [0.5, 0.6) is 0 Å². The summed E-state index contributed by atoms with van der Waals surface area (Å²) in [5, 5.41) is 32.9. The van der Waals surface area contributed by atoms with E-state index in [4.69, 9.17) is 21.1 Å². The highest BCUT2D eigenvalue weighted by atomic mass is 35.5. The standard InChI is InChI=1S/C76H133ClN12O16/c1-19-20-32-89-43-65(94)84(15)62(39-52-28-23-21-24-29-52)74(102)87(18)59(36-48(4)5)68(96)80-57(46-105-76(10,11)12)72(100)85(16)58(35-47(2)3)67(95)78-55(73(101)88-33-25-22-26-34-88)41-63(92)82(13)42-64(93)83(14)61(40-53-30-27-31-54(77)38-53)69(97)79-56(45-104-44-50(8)90)71(99)86(17)60(37-49(6)7)70(98)81-66(51(9)91)75(89)103/h47-62,66,90-91H,19-46H2,1-18H3,(H,78,95)(H,79,97)(H,80,96)(H,81,98)/t50-,51-,53?,54?,55+,56+,57+,58+,59+,60+,61+,62+,66+/m1/s1. The van der Waals surface area contributed by atoms with Crippen LogP contribution in [-0.4, -0.2) is 293 Å². The quantitative estimate of drug-likeness (QED) is 0.0865. The molecule has 2 saturated carbocycles. The molecule has 2 aliphatic heterocycles. The zero-order valence-corrected chi connectivity index (χ0v) is 67.4. The van der Waals surface area contributed by atoms with Crippen LogP contribution in [0.4, 0.5) is 0 Å². The fourth-order valence-electron chi connectivity index (χ4n) is 14.4. The minimum atomic E-state index is -1.68. The van der Waals surface area contributed by atoms with Crippen molar-refractivity contribution >= 4 is 82.5 Å². The molecule has 0 aromatic rings. The molecule has 2 heterocycles. The molecule has 2 aliphatic carbocycles. The lowest BCUT2D eigenvalue weighted by molar-refractivity contribution is -0.152. The molecule has 105 heavy (non-hydrogen) atoms. The molecule has 4 fully saturated rings. The van der Waals surface area contributed by atoms with Crippen LogP contribution in [0.25, 0.3) is 0 Å². The van der Waals surface area contributed by atoms with Crippen molar-refractivity contribution < 1.29 is 77.2 Å². The second-order valence-corrected chi connectivity index (χ2v) is 33.2. The van der Waals surface area contributed by atoms with E-state index in [2.05, 4.69) is 21.3 Å². The van der Waals surface area contributed by atoms with E-state index in [-0.39, 0.29) is 86.8 Å². The van der Waals surface area contributed by atoms with Crippen molar-refractivity contribution in [3.05, 3.63) is 0 Å². The van der Waals surface area contributed by atoms with Crippen LogP contribution in [0.3, 0.4) is 0 Å². The number of carbonyl (C=O) groups excluding carboxylic acids is 12. The summed E-state index contributed by atoms with van der Waals surface area (Å²) in [4.78, 5) is 191. The predicted octanol–water partition coefficient (Wildman–Crippen LogP) is 4.45. The maximum atomic E-state index is 15.6. The smallest absolute Gasteiger partial charge is 0.248 e. The average molecular weight is 1510 g/mol. The molecule has 28 nitrogen and oxygen atoms in total. The highest BCUT2D eigenvalue weighted by Crippen LogP contribution is 2.33. The molecule has 4 rings (SSSR count). The Labute approximate surface area is 630 Å². The van der Waals surface area contributed by atoms with Crippen molar-refractivity contribution in [1.29, 1.82) is 0 Å². The topological polar surface area (TPSA) is 338 Å². The molecule has 600 valence electrons. The Hall–Kier alpha value is -6.23. The number of aliphatic hydroxyl groups excluding tert-OH is 2. The molecule has 0 spiro atoms. The molecule has 29 heteroatoms. The van der Waals surface area contributed by atoms with Crippen LogP contribution < -0.4 is 21.3 Å². The minimum absolute atomic E-state index is 0.00220. The average Bonchev–Trinajstić information content (AvgIpc) is 0.826. The van der Waals surface area contributed by atoms with Crippen LogP contribution in [0, 0.1) is 29.6 Å². The van der Waals surface area contributed by atoms with Gasteiger partial charge >= 0.3 is 0 Å². The molecular formula is C76H133ClN12O16. The van der Waals surface area contributed by atoms with Crippen LogP contribution in [-0.2, 0) is 67.0 Å². The Bertz CT molecular complexity index is 2870. The van der Waals surface area contributed by atoms with E-state index in [0.717, 1.165) is 61.2 Å². The number of rotatable bonds is 21. The molecule has 4 aliphatic rings. The molecule has 2 unspecified atom stereocenters. The number of ether oxygens (including phenoxy) is 2. The summed E-state index contributed by atoms with van der Waals surface area (Å²) in [6, 6.07) is -12.6. The molecular weight excluding hydrogens is 1370 g/mol. The summed E-state index contributed by atoms with van der Waals surface area (Å²) in [6.45, 7) is 19.4. The van der Waals surface area contributed by atoms with Gasteiger partial charge in [0.1, 0.15) is 54.4 Å². The number of nitrogens with one attached hydrogen (secondary N) is 4. The molecule has 0 radical (unpaired) electrons. The third kappa shape index (κ3) is 29.0. The summed E-state index contributed by atoms with van der Waals surface area (Å²) in [5.74, 6) is -9.68. The number of piperidine rings is 1. The normalized spacial score (nSPS) is 27.6. The van der Waals surface area contributed by atoms with Crippen molar-refractivity contribution in [2.45, 2.75) is 289 Å². The Kier molecular flexibility index (Phi) is 37.9. The molecule has 0 bridgehead atoms. The number of hydrogen-bond donors (Lipinski definition) is 6. The van der Waals surface area contributed by atoms with Gasteiger partial charge in [-0.15, -0.1) is 11.6 Å². The number of aliphatic hydroxyl groups is 2. The third-order valence-electron chi connectivity index (χ3n) is 20.8. The van der Waals surface area contributed by atoms with Crippen molar-refractivity contribution in [1.82, 2.24) is 60.5 Å². The molecule has 6 N–H and O–H groups in total. The maximum Gasteiger partial charge on any atom is 0.248 e. The largest absolute Gasteiger partial charge is 0.391 e. The number of nitrogens with zero attached hydrogens (tertiary/aromatic N) is 8. The summed E-state index contributed by atoms with van der Waals surface area (Å²) >= 11 is 6.73. The van der Waals surface area contributed by atoms with E-state index < -0.39 is 169 Å². The second-order valence-electron chi connectivity index (χ2n) is 32.6. The number of alkyl halides is 1. The van der Waals surface area contributed by atoms with Crippen LogP contribution in [0.2, 0.25) is 0 Å². The Balaban J connectivity index is 2.00. The lowest BCUT2D eigenvalue weighted by Crippen LogP contribution is -2.62. The predicted molar refractivity (Wildman–Crippen MR) is 400 cm³/mol. The highest BCUT2D eigenvalue weighted by Gasteiger charge is 2.44. The SMILES string of the molecule is CCCCN1CC(=O)N(C)[C@@H](CC2CCCCC2)C(=O)N(C)[C@@H](CC(C)C)C(=O)N[C@@H](COC(C)(C)C)C(=O)N(C)[C@@H](CC(C)C)C(=O)N[C@H](C(=O)N2CCCCC2)CC(=O)N(C)CC(=O)N(C)[C@@H](CC2CCCC(Cl)C2)C(=O)N[C@@H](COC[C@@H](C)O)C(=O)N(C)[C@@H](CC(C)C)C(=O)N[C@@H]([C@@H](C)O)C1=O. The summed E-state index contributed by atoms with van der Waals surface area (Å²) in [5.41, 5.74) is -0.852. The van der Waals surface area contributed by atoms with Gasteiger partial charge in [-0.1, -0.05) is 99.8 Å². The highest BCUT2D eigenvalue weighted by molar-refractivity contribution is 6.20. The molecule has 0 aromatic heterocycles. The van der Waals surface area contributed by atoms with E-state index in [1.165, 1.54) is 80.6 Å². The number of unbranched alkanes of at least 4 members (excludes halogenated alkanes) is 1. The van der Waals surface area contributed by atoms with E-state index in [1.807, 2.05) is 48.5 Å². The zero-order chi connectivity index (χ0) is 78.9. The zero-order valence-electron chi connectivity index (χ0n) is 66.7. The molecule has 13 atom stereocenters. The Morgan fingerprint density at radius 3 is 1.50 bits per heavy atom. The number of halogens is 1. The van der Waals surface area contributed by atoms with Gasteiger partial charge in [-0.05, 0) is 135 Å². The van der Waals surface area contributed by atoms with E-state index in [0.29, 0.717) is 51.6 Å². The van der Waals surface area contributed by atoms with Gasteiger partial charge in [0, 0.05) is 67.3 Å². The number of amides is 12. The van der Waals surface area contributed by atoms with Crippen molar-refractivity contribution in [3.8, 4) is 0 Å². The van der Waals surface area contributed by atoms with Gasteiger partial charge in [-0.25, -0.2) is 0 Å². The summed E-state index contributed by atoms with van der Waals surface area (Å²) in [7, 11) is 8.46. The van der Waals surface area contributed by atoms with E-state index in [9.17, 15) is 24.6 Å². The van der Waals surface area contributed by atoms with Gasteiger partial charge in [0.2, 0.25) is 70.9 Å². The first-order valence-corrected chi connectivity index (χ1v) is 39.2. The van der Waals surface area contributed by atoms with Gasteiger partial charge < -0.3 is 80.2 Å². The first kappa shape index (κ1) is 91.2. The van der Waals surface area contributed by atoms with E-state index in [1.54, 1.807) is 25.7 Å². The van der Waals surface area contributed by atoms with Crippen LogP contribution in [0.15, 0.2) is 0 Å². The van der Waals surface area contributed by atoms with Crippen LogP contribution in [0.1, 0.15) is 212 Å². The maximum absolute atomic E-state index is 15.6.